The van der Waals surface area contributed by atoms with Gasteiger partial charge in [0.1, 0.15) is 15.4 Å². The fraction of sp³-hybridized carbons (Fsp3) is 0.969. The zero-order valence-corrected chi connectivity index (χ0v) is 29.1. The van der Waals surface area contributed by atoms with Crippen LogP contribution in [0.3, 0.4) is 0 Å². The number of hydrogen-bond donors (Lipinski definition) is 0. The van der Waals surface area contributed by atoms with E-state index in [1.807, 2.05) is 0 Å². The van der Waals surface area contributed by atoms with Crippen LogP contribution in [0.5, 0.6) is 0 Å². The minimum Gasteiger partial charge on any atom is -0.747 e. The third-order valence-electron chi connectivity index (χ3n) is 7.67. The van der Waals surface area contributed by atoms with Crippen molar-refractivity contribution in [3.8, 4) is 0 Å². The van der Waals surface area contributed by atoms with Crippen molar-refractivity contribution in [1.82, 2.24) is 0 Å². The van der Waals surface area contributed by atoms with Crippen LogP contribution < -0.4 is 29.6 Å². The van der Waals surface area contributed by atoms with E-state index < -0.39 is 21.3 Å². The van der Waals surface area contributed by atoms with Crippen molar-refractivity contribution in [2.75, 3.05) is 6.61 Å². The maximum atomic E-state index is 12.3. The molecule has 0 radical (unpaired) electrons. The summed E-state index contributed by atoms with van der Waals surface area (Å²) in [5, 5.41) is -1.54. The molecule has 7 heteroatoms. The molecule has 0 aliphatic rings. The average molecular weight is 583 g/mol. The van der Waals surface area contributed by atoms with Gasteiger partial charge >= 0.3 is 35.5 Å². The first-order valence-electron chi connectivity index (χ1n) is 16.5. The fourth-order valence-corrected chi connectivity index (χ4v) is 5.87. The van der Waals surface area contributed by atoms with Gasteiger partial charge in [0.25, 0.3) is 0 Å². The molecule has 0 aliphatic carbocycles. The molecule has 0 bridgehead atoms. The number of carbonyl (C=O) groups excluding carboxylic acids is 1. The first-order chi connectivity index (χ1) is 18.4. The first-order valence-corrected chi connectivity index (χ1v) is 18.0. The Bertz CT molecular complexity index is 612. The summed E-state index contributed by atoms with van der Waals surface area (Å²) in [4.78, 5) is 12.3. The van der Waals surface area contributed by atoms with Crippen molar-refractivity contribution in [2.24, 2.45) is 0 Å². The quantitative estimate of drug-likeness (QED) is 0.0393. The van der Waals surface area contributed by atoms with Gasteiger partial charge in [-0.2, -0.15) is 0 Å². The Balaban J connectivity index is 0. The molecule has 0 spiro atoms. The van der Waals surface area contributed by atoms with Gasteiger partial charge in [-0.3, -0.25) is 4.79 Å². The van der Waals surface area contributed by atoms with Crippen molar-refractivity contribution in [3.63, 3.8) is 0 Å². The van der Waals surface area contributed by atoms with Gasteiger partial charge in [-0.05, 0) is 12.8 Å². The Kier molecular flexibility index (Phi) is 33.3. The molecule has 0 amide bonds. The smallest absolute Gasteiger partial charge is 0.747 e. The normalized spacial score (nSPS) is 12.3. The first kappa shape index (κ1) is 41.5. The minimum atomic E-state index is -4.67. The summed E-state index contributed by atoms with van der Waals surface area (Å²) in [7, 11) is -4.67. The molecule has 39 heavy (non-hydrogen) atoms. The molecule has 0 aromatic heterocycles. The van der Waals surface area contributed by atoms with Crippen molar-refractivity contribution < 1.29 is 52.1 Å². The van der Waals surface area contributed by atoms with Crippen molar-refractivity contribution in [3.05, 3.63) is 0 Å². The number of hydrogen-bond acceptors (Lipinski definition) is 5. The van der Waals surface area contributed by atoms with Gasteiger partial charge in [0, 0.05) is 0 Å². The Morgan fingerprint density at radius 1 is 0.538 bits per heavy atom. The van der Waals surface area contributed by atoms with Crippen molar-refractivity contribution in [2.45, 2.75) is 192 Å². The predicted molar refractivity (Wildman–Crippen MR) is 160 cm³/mol. The number of unbranched alkanes of at least 4 members (excludes halogenated alkanes) is 24. The molecule has 1 unspecified atom stereocenters. The van der Waals surface area contributed by atoms with Gasteiger partial charge in [-0.25, -0.2) is 8.42 Å². The second kappa shape index (κ2) is 31.3. The summed E-state index contributed by atoms with van der Waals surface area (Å²) >= 11 is 0. The molecule has 0 aromatic rings. The number of ether oxygens (including phenoxy) is 1. The maximum absolute atomic E-state index is 12.3. The van der Waals surface area contributed by atoms with Crippen LogP contribution in [0.25, 0.3) is 0 Å². The molecule has 0 aromatic carbocycles. The van der Waals surface area contributed by atoms with Gasteiger partial charge in [-0.15, -0.1) is 0 Å². The molecule has 0 rings (SSSR count). The minimum absolute atomic E-state index is 0. The Morgan fingerprint density at radius 3 is 1.13 bits per heavy atom. The average Bonchev–Trinajstić information content (AvgIpc) is 2.88. The molecule has 0 saturated heterocycles. The molecule has 0 fully saturated rings. The Morgan fingerprint density at radius 2 is 0.821 bits per heavy atom. The summed E-state index contributed by atoms with van der Waals surface area (Å²) in [5.74, 6) is -0.849. The van der Waals surface area contributed by atoms with Crippen LogP contribution in [0.2, 0.25) is 0 Å². The molecule has 0 saturated carbocycles. The summed E-state index contributed by atoms with van der Waals surface area (Å²) in [5.41, 5.74) is 0. The van der Waals surface area contributed by atoms with Crippen LogP contribution in [0, 0.1) is 0 Å². The van der Waals surface area contributed by atoms with Crippen LogP contribution in [0.1, 0.15) is 187 Å². The molecule has 5 nitrogen and oxygen atoms in total. The Hall–Kier alpha value is 0.380. The van der Waals surface area contributed by atoms with Gasteiger partial charge in [0.15, 0.2) is 0 Å². The van der Waals surface area contributed by atoms with E-state index in [4.69, 9.17) is 4.74 Å². The van der Waals surface area contributed by atoms with E-state index in [1.54, 1.807) is 0 Å². The largest absolute Gasteiger partial charge is 1.00 e. The summed E-state index contributed by atoms with van der Waals surface area (Å²) < 4.78 is 40.0. The third kappa shape index (κ3) is 29.7. The van der Waals surface area contributed by atoms with Gasteiger partial charge in [0.05, 0.1) is 6.61 Å². The molecule has 228 valence electrons. The molecular weight excluding hydrogens is 519 g/mol. The maximum Gasteiger partial charge on any atom is 1.00 e. The number of esters is 1. The molecule has 0 aliphatic heterocycles. The molecule has 0 N–H and O–H groups in total. The third-order valence-corrected chi connectivity index (χ3v) is 8.80. The van der Waals surface area contributed by atoms with Gasteiger partial charge in [0.2, 0.25) is 0 Å². The Labute approximate surface area is 265 Å². The van der Waals surface area contributed by atoms with Crippen LogP contribution in [-0.4, -0.2) is 30.8 Å². The zero-order chi connectivity index (χ0) is 28.2. The van der Waals surface area contributed by atoms with E-state index in [2.05, 4.69) is 13.8 Å². The fourth-order valence-electron chi connectivity index (χ4n) is 5.11. The van der Waals surface area contributed by atoms with E-state index in [0.29, 0.717) is 6.42 Å². The molecule has 0 heterocycles. The second-order valence-electron chi connectivity index (χ2n) is 11.4. The van der Waals surface area contributed by atoms with Gasteiger partial charge in [-0.1, -0.05) is 174 Å². The number of rotatable bonds is 30. The van der Waals surface area contributed by atoms with E-state index in [0.717, 1.165) is 38.5 Å². The predicted octanol–water partition coefficient (Wildman–Crippen LogP) is 7.02. The number of carbonyl (C=O) groups is 1. The van der Waals surface area contributed by atoms with Crippen LogP contribution >= 0.6 is 0 Å². The SMILES string of the molecule is CCCCCCCCCCCCCCCCOC(=O)C(CCCCCCCCCCCCCC)S(=O)(=O)[O-].[Na+]. The zero-order valence-electron chi connectivity index (χ0n) is 26.3. The van der Waals surface area contributed by atoms with E-state index >= 15 is 0 Å². The summed E-state index contributed by atoms with van der Waals surface area (Å²) in [6, 6.07) is 0. The van der Waals surface area contributed by atoms with E-state index in [-0.39, 0.29) is 42.6 Å². The monoisotopic (exact) mass is 582 g/mol. The second-order valence-corrected chi connectivity index (χ2v) is 13.0. The van der Waals surface area contributed by atoms with Crippen LogP contribution in [0.4, 0.5) is 0 Å². The topological polar surface area (TPSA) is 83.5 Å². The summed E-state index contributed by atoms with van der Waals surface area (Å²) in [6.45, 7) is 4.70. The molecular formula is C32H63NaO5S. The van der Waals surface area contributed by atoms with E-state index in [1.165, 1.54) is 122 Å². The van der Waals surface area contributed by atoms with Crippen molar-refractivity contribution in [1.29, 1.82) is 0 Å². The van der Waals surface area contributed by atoms with Gasteiger partial charge < -0.3 is 9.29 Å². The van der Waals surface area contributed by atoms with Crippen molar-refractivity contribution >= 4 is 16.1 Å². The van der Waals surface area contributed by atoms with Crippen LogP contribution in [-0.2, 0) is 19.6 Å². The summed E-state index contributed by atoms with van der Waals surface area (Å²) in [6.07, 6.45) is 31.5. The standard InChI is InChI=1S/C32H64O5S.Na/c1-3-5-7-9-11-13-15-17-18-20-22-24-26-28-30-37-32(33)31(38(34,35)36)29-27-25-23-21-19-16-14-12-10-8-6-4-2;/h31H,3-30H2,1-2H3,(H,34,35,36);/q;+1/p-1. The van der Waals surface area contributed by atoms with E-state index in [9.17, 15) is 17.8 Å². The molecule has 1 atom stereocenters. The van der Waals surface area contributed by atoms with Crippen LogP contribution in [0.15, 0.2) is 0 Å².